The Kier molecular flexibility index (Phi) is 8.16. The van der Waals surface area contributed by atoms with Crippen LogP contribution < -0.4 is 31.8 Å². The van der Waals surface area contributed by atoms with Crippen LogP contribution in [-0.4, -0.2) is 9.97 Å². The minimum atomic E-state index is -3.48. The van der Waals surface area contributed by atoms with Gasteiger partial charge >= 0.3 is 0 Å². The normalized spacial score (nSPS) is 11.7. The highest BCUT2D eigenvalue weighted by atomic mass is 31.2. The van der Waals surface area contributed by atoms with Crippen LogP contribution in [0.25, 0.3) is 22.3 Å². The van der Waals surface area contributed by atoms with E-state index in [1.807, 2.05) is 158 Å². The van der Waals surface area contributed by atoms with Crippen LogP contribution in [0.1, 0.15) is 0 Å². The van der Waals surface area contributed by atoms with E-state index in [0.29, 0.717) is 31.8 Å². The predicted molar refractivity (Wildman–Crippen MR) is 192 cm³/mol. The zero-order valence-corrected chi connectivity index (χ0v) is 26.7. The van der Waals surface area contributed by atoms with E-state index in [4.69, 9.17) is 0 Å². The summed E-state index contributed by atoms with van der Waals surface area (Å²) in [6.07, 6.45) is 7.01. The molecule has 6 heteroatoms. The molecule has 0 aliphatic heterocycles. The maximum absolute atomic E-state index is 16.0. The average molecular weight is 633 g/mol. The highest BCUT2D eigenvalue weighted by Gasteiger charge is 2.38. The van der Waals surface area contributed by atoms with Crippen molar-refractivity contribution in [3.8, 4) is 22.3 Å². The van der Waals surface area contributed by atoms with Crippen LogP contribution in [0.5, 0.6) is 0 Å². The molecule has 0 fully saturated rings. The van der Waals surface area contributed by atoms with Gasteiger partial charge in [-0.15, -0.1) is 0 Å². The van der Waals surface area contributed by atoms with Crippen molar-refractivity contribution >= 4 is 46.1 Å². The number of nitrogens with zero attached hydrogens (tertiary/aromatic N) is 2. The maximum Gasteiger partial charge on any atom is 0.171 e. The fourth-order valence-electron chi connectivity index (χ4n) is 6.01. The first-order valence-corrected chi connectivity index (χ1v) is 18.4. The number of rotatable bonds is 8. The highest BCUT2D eigenvalue weighted by Crippen LogP contribution is 2.50. The van der Waals surface area contributed by atoms with Gasteiger partial charge in [0.25, 0.3) is 0 Å². The van der Waals surface area contributed by atoms with Crippen LogP contribution in [0, 0.1) is 0 Å². The molecule has 0 unspecified atom stereocenters. The molecular weight excluding hydrogens is 602 g/mol. The van der Waals surface area contributed by atoms with Crippen LogP contribution in [0.2, 0.25) is 0 Å². The van der Waals surface area contributed by atoms with E-state index in [9.17, 15) is 0 Å². The van der Waals surface area contributed by atoms with Crippen molar-refractivity contribution in [2.75, 3.05) is 0 Å². The van der Waals surface area contributed by atoms with Crippen molar-refractivity contribution in [1.29, 1.82) is 0 Å². The van der Waals surface area contributed by atoms with Gasteiger partial charge in [-0.3, -0.25) is 9.97 Å². The summed E-state index contributed by atoms with van der Waals surface area (Å²) < 4.78 is 32.0. The van der Waals surface area contributed by atoms with Gasteiger partial charge in [-0.05, 0) is 35.4 Å². The van der Waals surface area contributed by atoms with E-state index in [0.717, 1.165) is 22.3 Å². The topological polar surface area (TPSA) is 59.9 Å². The number of pyridine rings is 2. The van der Waals surface area contributed by atoms with Gasteiger partial charge in [0.05, 0.1) is 0 Å². The van der Waals surface area contributed by atoms with Crippen molar-refractivity contribution in [1.82, 2.24) is 9.97 Å². The van der Waals surface area contributed by atoms with Gasteiger partial charge in [-0.25, -0.2) is 0 Å². The van der Waals surface area contributed by atoms with Crippen molar-refractivity contribution in [3.63, 3.8) is 0 Å². The van der Waals surface area contributed by atoms with Crippen LogP contribution in [0.15, 0.2) is 183 Å². The van der Waals surface area contributed by atoms with Gasteiger partial charge in [0.1, 0.15) is 0 Å². The number of aromatic nitrogens is 2. The van der Waals surface area contributed by atoms with Crippen molar-refractivity contribution in [2.45, 2.75) is 0 Å². The number of hydrogen-bond donors (Lipinski definition) is 0. The fourth-order valence-corrected chi connectivity index (χ4v) is 11.8. The summed E-state index contributed by atoms with van der Waals surface area (Å²) in [6, 6.07) is 50.2. The lowest BCUT2D eigenvalue weighted by Gasteiger charge is -2.28. The molecule has 2 heterocycles. The third-order valence-corrected chi connectivity index (χ3v) is 14.4. The van der Waals surface area contributed by atoms with Crippen LogP contribution in [0.3, 0.4) is 0 Å². The van der Waals surface area contributed by atoms with Crippen molar-refractivity contribution < 1.29 is 9.13 Å². The summed E-state index contributed by atoms with van der Waals surface area (Å²) in [5.74, 6) is 0. The van der Waals surface area contributed by atoms with E-state index >= 15 is 9.13 Å². The maximum atomic E-state index is 16.0. The Morgan fingerprint density at radius 1 is 0.370 bits per heavy atom. The van der Waals surface area contributed by atoms with Crippen molar-refractivity contribution in [3.05, 3.63) is 183 Å². The summed E-state index contributed by atoms with van der Waals surface area (Å²) in [6.45, 7) is 0. The summed E-state index contributed by atoms with van der Waals surface area (Å²) in [5, 5.41) is 4.15. The van der Waals surface area contributed by atoms with Gasteiger partial charge in [0.2, 0.25) is 0 Å². The van der Waals surface area contributed by atoms with E-state index in [2.05, 4.69) is 9.97 Å². The second-order valence-corrected chi connectivity index (χ2v) is 16.4. The quantitative estimate of drug-likeness (QED) is 0.168. The molecule has 46 heavy (non-hydrogen) atoms. The monoisotopic (exact) mass is 632 g/mol. The van der Waals surface area contributed by atoms with E-state index in [1.54, 1.807) is 24.8 Å². The van der Waals surface area contributed by atoms with Crippen molar-refractivity contribution in [2.24, 2.45) is 0 Å². The zero-order chi connectivity index (χ0) is 31.4. The molecule has 4 nitrogen and oxygen atoms in total. The zero-order valence-electron chi connectivity index (χ0n) is 24.9. The number of benzene rings is 5. The molecule has 0 N–H and O–H groups in total. The van der Waals surface area contributed by atoms with E-state index in [-0.39, 0.29) is 0 Å². The molecule has 0 atom stereocenters. The van der Waals surface area contributed by atoms with Gasteiger partial charge in [0, 0.05) is 67.7 Å². The molecular formula is C40H30N2O2P2. The summed E-state index contributed by atoms with van der Waals surface area (Å²) in [7, 11) is -6.96. The summed E-state index contributed by atoms with van der Waals surface area (Å²) in [5.41, 5.74) is 3.02. The Labute approximate surface area is 269 Å². The van der Waals surface area contributed by atoms with E-state index in [1.165, 1.54) is 0 Å². The molecule has 222 valence electrons. The molecule has 5 aromatic carbocycles. The first-order valence-electron chi connectivity index (χ1n) is 15.0. The molecule has 0 saturated carbocycles. The SMILES string of the molecule is O=P(c1ccccc1)(c1ccccc1)c1cc(-c2cccnc2)c(P(=O)(c2ccccc2)c2ccccc2)cc1-c1cccnc1. The van der Waals surface area contributed by atoms with Crippen LogP contribution in [-0.2, 0) is 9.13 Å². The first kappa shape index (κ1) is 29.6. The first-order chi connectivity index (χ1) is 22.6. The molecule has 0 bridgehead atoms. The Morgan fingerprint density at radius 2 is 0.674 bits per heavy atom. The lowest BCUT2D eigenvalue weighted by atomic mass is 10.0. The highest BCUT2D eigenvalue weighted by molar-refractivity contribution is 7.86. The van der Waals surface area contributed by atoms with Gasteiger partial charge in [-0.1, -0.05) is 133 Å². The second kappa shape index (κ2) is 12.7. The molecule has 0 aliphatic rings. The Morgan fingerprint density at radius 3 is 0.935 bits per heavy atom. The molecule has 0 saturated heterocycles. The van der Waals surface area contributed by atoms with Gasteiger partial charge in [-0.2, -0.15) is 0 Å². The molecule has 0 radical (unpaired) electrons. The summed E-state index contributed by atoms with van der Waals surface area (Å²) >= 11 is 0. The average Bonchev–Trinajstić information content (AvgIpc) is 3.16. The molecule has 2 aromatic heterocycles. The lowest BCUT2D eigenvalue weighted by molar-refractivity contribution is 0.591. The fraction of sp³-hybridized carbons (Fsp3) is 0. The predicted octanol–water partition coefficient (Wildman–Crippen LogP) is 7.09. The lowest BCUT2D eigenvalue weighted by Crippen LogP contribution is -2.31. The molecule has 0 amide bonds. The Bertz CT molecular complexity index is 1930. The van der Waals surface area contributed by atoms with Crippen LogP contribution in [0.4, 0.5) is 0 Å². The molecule has 7 rings (SSSR count). The number of hydrogen-bond acceptors (Lipinski definition) is 4. The van der Waals surface area contributed by atoms with Gasteiger partial charge in [0.15, 0.2) is 14.3 Å². The minimum Gasteiger partial charge on any atom is -0.309 e. The smallest absolute Gasteiger partial charge is 0.171 e. The van der Waals surface area contributed by atoms with Gasteiger partial charge < -0.3 is 9.13 Å². The van der Waals surface area contributed by atoms with E-state index < -0.39 is 14.3 Å². The summed E-state index contributed by atoms with van der Waals surface area (Å²) in [4.78, 5) is 8.90. The third-order valence-electron chi connectivity index (χ3n) is 8.22. The van der Waals surface area contributed by atoms with Crippen LogP contribution >= 0.6 is 14.3 Å². The minimum absolute atomic E-state index is 0.646. The Balaban J connectivity index is 1.66. The molecule has 0 spiro atoms. The Hall–Kier alpha value is -5.14. The standard InChI is InChI=1S/C40H30N2O2P2/c43-45(33-17-5-1-6-18-33,34-19-7-2-8-20-34)39-27-38(32-16-14-26-42-30-32)40(28-37(39)31-15-13-25-41-29-31)46(44,35-21-9-3-10-22-35)36-23-11-4-12-24-36/h1-30H. The second-order valence-electron chi connectivity index (χ2n) is 10.9. The largest absolute Gasteiger partial charge is 0.309 e. The molecule has 7 aromatic rings. The molecule has 0 aliphatic carbocycles. The third kappa shape index (κ3) is 5.26.